The summed E-state index contributed by atoms with van der Waals surface area (Å²) >= 11 is 0. The van der Waals surface area contributed by atoms with Crippen molar-refractivity contribution in [3.8, 4) is 0 Å². The van der Waals surface area contributed by atoms with Crippen LogP contribution in [0.3, 0.4) is 0 Å². The molecule has 2 heterocycles. The second-order valence-corrected chi connectivity index (χ2v) is 11.4. The topological polar surface area (TPSA) is 75.4 Å². The first-order chi connectivity index (χ1) is 15.9. The summed E-state index contributed by atoms with van der Waals surface area (Å²) in [5.41, 5.74) is 1.10. The molecule has 1 aliphatic heterocycles. The molecule has 6 heteroatoms. The van der Waals surface area contributed by atoms with Gasteiger partial charge in [0.25, 0.3) is 5.56 Å². The van der Waals surface area contributed by atoms with Gasteiger partial charge in [0.1, 0.15) is 0 Å². The Labute approximate surface area is 195 Å². The van der Waals surface area contributed by atoms with Gasteiger partial charge in [0.05, 0.1) is 11.0 Å². The van der Waals surface area contributed by atoms with Gasteiger partial charge in [-0.3, -0.25) is 9.69 Å². The van der Waals surface area contributed by atoms with E-state index in [1.54, 1.807) is 10.6 Å². The highest BCUT2D eigenvalue weighted by atomic mass is 16.4. The van der Waals surface area contributed by atoms with E-state index in [-0.39, 0.29) is 11.7 Å². The van der Waals surface area contributed by atoms with Crippen molar-refractivity contribution < 1.29 is 9.90 Å². The van der Waals surface area contributed by atoms with E-state index in [9.17, 15) is 14.7 Å². The smallest absolute Gasteiger partial charge is 0.360 e. The molecule has 1 spiro atoms. The largest absolute Gasteiger partial charge is 0.476 e. The first-order valence-electron chi connectivity index (χ1n) is 12.9. The van der Waals surface area contributed by atoms with Gasteiger partial charge >= 0.3 is 5.97 Å². The molecule has 6 rings (SSSR count). The standard InChI is InChI=1S/C27H35N3O3/c1-16-7-5-9-19(29(16)24-18-8-6-12-27(14-18)15-20(24)27)13-17(2)30-22-11-4-3-10-21(22)28-23(25(30)31)26(32)33/h3-4,10-11,16-20,24H,5-9,12-15H2,1-2H3,(H,32,33)/t16-,17-,18?,19-,20?,24?,27?/m0/s1. The Bertz CT molecular complexity index is 1150. The van der Waals surface area contributed by atoms with Crippen LogP contribution < -0.4 is 5.56 Å². The van der Waals surface area contributed by atoms with E-state index in [1.165, 1.54) is 51.4 Å². The van der Waals surface area contributed by atoms with E-state index in [0.29, 0.717) is 29.1 Å². The molecule has 1 saturated heterocycles. The lowest BCUT2D eigenvalue weighted by atomic mass is 9.80. The number of carboxylic acid groups (broad SMARTS) is 1. The molecule has 176 valence electrons. The molecule has 3 saturated carbocycles. The summed E-state index contributed by atoms with van der Waals surface area (Å²) in [7, 11) is 0. The number of piperidine rings is 1. The summed E-state index contributed by atoms with van der Waals surface area (Å²) in [5, 5.41) is 9.61. The molecule has 4 aliphatic rings. The van der Waals surface area contributed by atoms with E-state index in [4.69, 9.17) is 0 Å². The van der Waals surface area contributed by atoms with E-state index in [0.717, 1.165) is 23.8 Å². The molecule has 2 aromatic rings. The highest BCUT2D eigenvalue weighted by Gasteiger charge is 2.67. The van der Waals surface area contributed by atoms with Crippen LogP contribution in [0.25, 0.3) is 11.0 Å². The number of fused-ring (bicyclic) bond motifs is 2. The second-order valence-electron chi connectivity index (χ2n) is 11.4. The Morgan fingerprint density at radius 1 is 1.21 bits per heavy atom. The molecule has 0 amide bonds. The highest BCUT2D eigenvalue weighted by Crippen LogP contribution is 2.72. The Morgan fingerprint density at radius 3 is 2.82 bits per heavy atom. The summed E-state index contributed by atoms with van der Waals surface area (Å²) < 4.78 is 1.70. The maximum Gasteiger partial charge on any atom is 0.360 e. The van der Waals surface area contributed by atoms with Gasteiger partial charge < -0.3 is 9.67 Å². The van der Waals surface area contributed by atoms with E-state index >= 15 is 0 Å². The fourth-order valence-electron chi connectivity index (χ4n) is 8.21. The summed E-state index contributed by atoms with van der Waals surface area (Å²) in [6.07, 6.45) is 11.6. The normalized spacial score (nSPS) is 36.5. The molecular weight excluding hydrogens is 414 g/mol. The number of likely N-dealkylation sites (tertiary alicyclic amines) is 1. The van der Waals surface area contributed by atoms with Crippen molar-refractivity contribution in [2.75, 3.05) is 0 Å². The first kappa shape index (κ1) is 21.3. The van der Waals surface area contributed by atoms with Crippen molar-refractivity contribution in [2.24, 2.45) is 17.3 Å². The average Bonchev–Trinajstić information content (AvgIpc) is 3.41. The van der Waals surface area contributed by atoms with Crippen LogP contribution in [0.2, 0.25) is 0 Å². The SMILES string of the molecule is C[C@H]1CCC[C@@H](C[C@H](C)n2c(=O)c(C(=O)O)nc3ccccc32)N1C1C2CCCC3(C2)CC13. The van der Waals surface area contributed by atoms with Crippen LogP contribution in [0.1, 0.15) is 88.2 Å². The first-order valence-corrected chi connectivity index (χ1v) is 12.9. The van der Waals surface area contributed by atoms with Crippen molar-refractivity contribution in [1.82, 2.24) is 14.5 Å². The zero-order valence-electron chi connectivity index (χ0n) is 19.7. The Kier molecular flexibility index (Phi) is 4.95. The maximum atomic E-state index is 13.2. The number of carbonyl (C=O) groups is 1. The molecule has 4 fully saturated rings. The minimum absolute atomic E-state index is 0.0877. The number of hydrogen-bond acceptors (Lipinski definition) is 4. The van der Waals surface area contributed by atoms with Gasteiger partial charge in [-0.05, 0) is 88.2 Å². The van der Waals surface area contributed by atoms with Gasteiger partial charge in [-0.25, -0.2) is 9.78 Å². The predicted octanol–water partition coefficient (Wildman–Crippen LogP) is 4.87. The molecule has 33 heavy (non-hydrogen) atoms. The number of para-hydroxylation sites is 2. The quantitative estimate of drug-likeness (QED) is 0.705. The van der Waals surface area contributed by atoms with Gasteiger partial charge in [-0.15, -0.1) is 0 Å². The molecule has 4 unspecified atom stereocenters. The van der Waals surface area contributed by atoms with E-state index in [1.807, 2.05) is 18.2 Å². The number of rotatable bonds is 5. The molecule has 1 aromatic heterocycles. The molecular formula is C27H35N3O3. The van der Waals surface area contributed by atoms with Crippen molar-refractivity contribution in [3.63, 3.8) is 0 Å². The number of aromatic carboxylic acids is 1. The molecule has 6 nitrogen and oxygen atoms in total. The van der Waals surface area contributed by atoms with Gasteiger partial charge in [-0.1, -0.05) is 25.0 Å². The molecule has 0 radical (unpaired) electrons. The van der Waals surface area contributed by atoms with E-state index < -0.39 is 11.5 Å². The summed E-state index contributed by atoms with van der Waals surface area (Å²) in [6.45, 7) is 4.49. The van der Waals surface area contributed by atoms with Gasteiger partial charge in [0, 0.05) is 24.2 Å². The summed E-state index contributed by atoms with van der Waals surface area (Å²) in [5.74, 6) is 0.474. The fraction of sp³-hybridized carbons (Fsp3) is 0.667. The third-order valence-corrected chi connectivity index (χ3v) is 9.55. The predicted molar refractivity (Wildman–Crippen MR) is 128 cm³/mol. The monoisotopic (exact) mass is 449 g/mol. The summed E-state index contributed by atoms with van der Waals surface area (Å²) in [4.78, 5) is 32.0. The van der Waals surface area contributed by atoms with Crippen LogP contribution in [0.5, 0.6) is 0 Å². The zero-order chi connectivity index (χ0) is 22.9. The van der Waals surface area contributed by atoms with Gasteiger partial charge in [0.15, 0.2) is 0 Å². The van der Waals surface area contributed by atoms with Crippen molar-refractivity contribution in [2.45, 2.75) is 95.8 Å². The third kappa shape index (κ3) is 3.28. The number of hydrogen-bond donors (Lipinski definition) is 1. The third-order valence-electron chi connectivity index (χ3n) is 9.55. The van der Waals surface area contributed by atoms with Crippen LogP contribution >= 0.6 is 0 Å². The van der Waals surface area contributed by atoms with Crippen LogP contribution in [-0.2, 0) is 0 Å². The molecule has 1 aromatic carbocycles. The molecule has 2 bridgehead atoms. The Balaban J connectivity index is 1.34. The van der Waals surface area contributed by atoms with Gasteiger partial charge in [0.2, 0.25) is 5.69 Å². The average molecular weight is 450 g/mol. The lowest BCUT2D eigenvalue weighted by molar-refractivity contribution is 0.00708. The number of carboxylic acids is 1. The van der Waals surface area contributed by atoms with Crippen LogP contribution in [0.15, 0.2) is 29.1 Å². The van der Waals surface area contributed by atoms with Gasteiger partial charge in [-0.2, -0.15) is 0 Å². The molecule has 3 aliphatic carbocycles. The molecule has 7 atom stereocenters. The van der Waals surface area contributed by atoms with Crippen molar-refractivity contribution in [3.05, 3.63) is 40.3 Å². The Hall–Kier alpha value is -2.21. The van der Waals surface area contributed by atoms with Crippen LogP contribution in [-0.4, -0.2) is 43.7 Å². The lowest BCUT2D eigenvalue weighted by Crippen LogP contribution is -2.54. The van der Waals surface area contributed by atoms with Crippen LogP contribution in [0.4, 0.5) is 0 Å². The van der Waals surface area contributed by atoms with Crippen molar-refractivity contribution >= 4 is 17.0 Å². The zero-order valence-corrected chi connectivity index (χ0v) is 19.7. The fourth-order valence-corrected chi connectivity index (χ4v) is 8.21. The number of benzene rings is 1. The number of nitrogens with zero attached hydrogens (tertiary/aromatic N) is 3. The summed E-state index contributed by atoms with van der Waals surface area (Å²) in [6, 6.07) is 9.07. The Morgan fingerprint density at radius 2 is 2.03 bits per heavy atom. The highest BCUT2D eigenvalue weighted by molar-refractivity contribution is 5.88. The van der Waals surface area contributed by atoms with E-state index in [2.05, 4.69) is 23.7 Å². The number of aromatic nitrogens is 2. The van der Waals surface area contributed by atoms with Crippen LogP contribution in [0, 0.1) is 17.3 Å². The minimum Gasteiger partial charge on any atom is -0.476 e. The van der Waals surface area contributed by atoms with Crippen molar-refractivity contribution in [1.29, 1.82) is 0 Å². The second kappa shape index (κ2) is 7.66. The maximum absolute atomic E-state index is 13.2. The molecule has 1 N–H and O–H groups in total. The lowest BCUT2D eigenvalue weighted by Gasteiger charge is -2.48. The minimum atomic E-state index is -1.25.